The van der Waals surface area contributed by atoms with E-state index in [1.807, 2.05) is 42.5 Å². The van der Waals surface area contributed by atoms with Gasteiger partial charge in [0.15, 0.2) is 0 Å². The summed E-state index contributed by atoms with van der Waals surface area (Å²) in [6.07, 6.45) is 7.92. The van der Waals surface area contributed by atoms with Gasteiger partial charge in [-0.2, -0.15) is 4.31 Å². The highest BCUT2D eigenvalue weighted by molar-refractivity contribution is 7.92. The second-order valence-electron chi connectivity index (χ2n) is 8.80. The van der Waals surface area contributed by atoms with E-state index in [0.29, 0.717) is 32.5 Å². The smallest absolute Gasteiger partial charge is 0.236 e. The van der Waals surface area contributed by atoms with Crippen LogP contribution in [0.25, 0.3) is 6.08 Å². The van der Waals surface area contributed by atoms with Gasteiger partial charge in [-0.15, -0.1) is 0 Å². The molecule has 2 aliphatic heterocycles. The molecule has 0 radical (unpaired) electrons. The number of benzene rings is 1. The zero-order valence-electron chi connectivity index (χ0n) is 18.9. The zero-order valence-corrected chi connectivity index (χ0v) is 19.8. The summed E-state index contributed by atoms with van der Waals surface area (Å²) in [5.41, 5.74) is 0.843. The van der Waals surface area contributed by atoms with E-state index >= 15 is 0 Å². The van der Waals surface area contributed by atoms with Crippen molar-refractivity contribution in [3.8, 4) is 0 Å². The van der Waals surface area contributed by atoms with Crippen LogP contribution in [0.3, 0.4) is 0 Å². The van der Waals surface area contributed by atoms with Crippen LogP contribution in [-0.2, 0) is 14.8 Å². The summed E-state index contributed by atoms with van der Waals surface area (Å²) in [7, 11) is -3.50. The normalized spacial score (nSPS) is 20.1. The Kier molecular flexibility index (Phi) is 8.01. The number of furan rings is 1. The molecule has 33 heavy (non-hydrogen) atoms. The van der Waals surface area contributed by atoms with Crippen molar-refractivity contribution in [3.63, 3.8) is 0 Å². The van der Waals surface area contributed by atoms with Crippen LogP contribution >= 0.6 is 0 Å². The van der Waals surface area contributed by atoms with E-state index in [1.165, 1.54) is 16.1 Å². The van der Waals surface area contributed by atoms with Crippen LogP contribution in [0.5, 0.6) is 0 Å². The Morgan fingerprint density at radius 3 is 2.42 bits per heavy atom. The van der Waals surface area contributed by atoms with E-state index in [2.05, 4.69) is 10.2 Å². The van der Waals surface area contributed by atoms with Gasteiger partial charge in [-0.25, -0.2) is 8.42 Å². The topological polar surface area (TPSA) is 82.9 Å². The van der Waals surface area contributed by atoms with Gasteiger partial charge < -0.3 is 9.73 Å². The van der Waals surface area contributed by atoms with Crippen LogP contribution in [0, 0.1) is 5.92 Å². The van der Waals surface area contributed by atoms with Crippen molar-refractivity contribution in [1.29, 1.82) is 0 Å². The van der Waals surface area contributed by atoms with Crippen molar-refractivity contribution in [2.24, 2.45) is 5.92 Å². The van der Waals surface area contributed by atoms with Crippen molar-refractivity contribution in [2.75, 3.05) is 32.7 Å². The standard InChI is InChI=1S/C25H33N3O4S/c29-25(26-20-23(24-10-7-18-32-24)27-14-5-2-6-15-27)22-11-16-28(17-12-22)33(30,31)19-13-21-8-3-1-4-9-21/h1,3-4,7-10,13,18-19,22-23H,2,5-6,11-12,14-17,20H2,(H,26,29)/b19-13+. The van der Waals surface area contributed by atoms with Crippen molar-refractivity contribution >= 4 is 22.0 Å². The van der Waals surface area contributed by atoms with Gasteiger partial charge >= 0.3 is 0 Å². The molecule has 8 heteroatoms. The number of amides is 1. The highest BCUT2D eigenvalue weighted by atomic mass is 32.2. The molecule has 1 N–H and O–H groups in total. The lowest BCUT2D eigenvalue weighted by Crippen LogP contribution is -2.45. The van der Waals surface area contributed by atoms with Crippen LogP contribution in [0.2, 0.25) is 0 Å². The predicted octanol–water partition coefficient (Wildman–Crippen LogP) is 3.64. The Morgan fingerprint density at radius 1 is 1.03 bits per heavy atom. The molecule has 2 aliphatic rings. The van der Waals surface area contributed by atoms with Crippen molar-refractivity contribution in [1.82, 2.24) is 14.5 Å². The molecule has 3 heterocycles. The fourth-order valence-electron chi connectivity index (χ4n) is 4.65. The van der Waals surface area contributed by atoms with Crippen LogP contribution in [0.4, 0.5) is 0 Å². The molecule has 4 rings (SSSR count). The Hall–Kier alpha value is -2.42. The first-order chi connectivity index (χ1) is 16.0. The van der Waals surface area contributed by atoms with E-state index in [-0.39, 0.29) is 17.9 Å². The molecule has 7 nitrogen and oxygen atoms in total. The van der Waals surface area contributed by atoms with Gasteiger partial charge in [0.2, 0.25) is 15.9 Å². The van der Waals surface area contributed by atoms with Crippen LogP contribution in [0.15, 0.2) is 58.6 Å². The molecule has 178 valence electrons. The first-order valence-electron chi connectivity index (χ1n) is 11.8. The van der Waals surface area contributed by atoms with E-state index in [1.54, 1.807) is 12.3 Å². The van der Waals surface area contributed by atoms with Crippen LogP contribution in [0.1, 0.15) is 49.5 Å². The number of hydrogen-bond acceptors (Lipinski definition) is 5. The Balaban J connectivity index is 1.29. The Bertz CT molecular complexity index is 1010. The second-order valence-corrected chi connectivity index (χ2v) is 10.6. The highest BCUT2D eigenvalue weighted by Gasteiger charge is 2.31. The molecule has 1 amide bonds. The fraction of sp³-hybridized carbons (Fsp3) is 0.480. The fourth-order valence-corrected chi connectivity index (χ4v) is 5.87. The molecule has 0 bridgehead atoms. The maximum atomic E-state index is 12.9. The number of likely N-dealkylation sites (tertiary alicyclic amines) is 1. The third-order valence-corrected chi connectivity index (χ3v) is 8.15. The third kappa shape index (κ3) is 6.34. The van der Waals surface area contributed by atoms with Gasteiger partial charge in [0, 0.05) is 31.0 Å². The minimum atomic E-state index is -3.50. The van der Waals surface area contributed by atoms with Crippen molar-refractivity contribution < 1.29 is 17.6 Å². The number of hydrogen-bond donors (Lipinski definition) is 1. The number of sulfonamides is 1. The molecular weight excluding hydrogens is 438 g/mol. The van der Waals surface area contributed by atoms with E-state index in [4.69, 9.17) is 4.42 Å². The number of carbonyl (C=O) groups is 1. The summed E-state index contributed by atoms with van der Waals surface area (Å²) in [4.78, 5) is 15.3. The lowest BCUT2D eigenvalue weighted by atomic mass is 9.97. The number of piperidine rings is 2. The van der Waals surface area contributed by atoms with E-state index < -0.39 is 10.0 Å². The summed E-state index contributed by atoms with van der Waals surface area (Å²) in [6, 6.07) is 13.3. The Labute approximate surface area is 196 Å². The van der Waals surface area contributed by atoms with Crippen LogP contribution in [-0.4, -0.2) is 56.3 Å². The maximum absolute atomic E-state index is 12.9. The molecule has 1 aromatic carbocycles. The number of carbonyl (C=O) groups excluding carboxylic acids is 1. The summed E-state index contributed by atoms with van der Waals surface area (Å²) < 4.78 is 32.5. The van der Waals surface area contributed by atoms with Gasteiger partial charge in [0.25, 0.3) is 0 Å². The van der Waals surface area contributed by atoms with Crippen molar-refractivity contribution in [2.45, 2.75) is 38.1 Å². The molecule has 1 atom stereocenters. The maximum Gasteiger partial charge on any atom is 0.236 e. The molecule has 2 saturated heterocycles. The van der Waals surface area contributed by atoms with E-state index in [0.717, 1.165) is 37.3 Å². The van der Waals surface area contributed by atoms with Crippen LogP contribution < -0.4 is 5.32 Å². The quantitative estimate of drug-likeness (QED) is 0.636. The minimum Gasteiger partial charge on any atom is -0.468 e. The molecule has 0 aliphatic carbocycles. The minimum absolute atomic E-state index is 0.000408. The third-order valence-electron chi connectivity index (χ3n) is 6.59. The second kappa shape index (κ2) is 11.1. The number of rotatable bonds is 8. The van der Waals surface area contributed by atoms with Gasteiger partial charge in [-0.1, -0.05) is 36.8 Å². The van der Waals surface area contributed by atoms with Gasteiger partial charge in [-0.3, -0.25) is 9.69 Å². The van der Waals surface area contributed by atoms with Gasteiger partial charge in [-0.05, 0) is 62.5 Å². The number of nitrogens with one attached hydrogen (secondary N) is 1. The largest absolute Gasteiger partial charge is 0.468 e. The molecule has 1 aromatic heterocycles. The SMILES string of the molecule is O=C(NCC(c1ccco1)N1CCCCC1)C1CCN(S(=O)(=O)/C=C/c2ccccc2)CC1. The summed E-state index contributed by atoms with van der Waals surface area (Å²) in [6.45, 7) is 3.23. The molecule has 1 unspecified atom stereocenters. The Morgan fingerprint density at radius 2 is 1.76 bits per heavy atom. The molecule has 0 spiro atoms. The summed E-state index contributed by atoms with van der Waals surface area (Å²) >= 11 is 0. The van der Waals surface area contributed by atoms with Crippen molar-refractivity contribution in [3.05, 3.63) is 65.5 Å². The number of nitrogens with zero attached hydrogens (tertiary/aromatic N) is 2. The lowest BCUT2D eigenvalue weighted by Gasteiger charge is -2.34. The lowest BCUT2D eigenvalue weighted by molar-refractivity contribution is -0.126. The summed E-state index contributed by atoms with van der Waals surface area (Å²) in [5, 5.41) is 4.37. The van der Waals surface area contributed by atoms with E-state index in [9.17, 15) is 13.2 Å². The molecule has 2 aromatic rings. The first-order valence-corrected chi connectivity index (χ1v) is 13.3. The first kappa shape index (κ1) is 23.7. The highest BCUT2D eigenvalue weighted by Crippen LogP contribution is 2.25. The molecule has 0 saturated carbocycles. The zero-order chi connectivity index (χ0) is 23.1. The summed E-state index contributed by atoms with van der Waals surface area (Å²) in [5.74, 6) is 0.705. The average molecular weight is 472 g/mol. The average Bonchev–Trinajstić information content (AvgIpc) is 3.39. The molecule has 2 fully saturated rings. The molecular formula is C25H33N3O4S. The van der Waals surface area contributed by atoms with Gasteiger partial charge in [0.05, 0.1) is 12.3 Å². The predicted molar refractivity (Wildman–Crippen MR) is 129 cm³/mol. The van der Waals surface area contributed by atoms with Gasteiger partial charge in [0.1, 0.15) is 5.76 Å². The monoisotopic (exact) mass is 471 g/mol.